The summed E-state index contributed by atoms with van der Waals surface area (Å²) >= 11 is 0. The number of rotatable bonds is 22. The number of unbranched alkanes of at least 4 members (excludes halogenated alkanes) is 8. The molecule has 0 aliphatic carbocycles. The van der Waals surface area contributed by atoms with E-state index in [0.717, 1.165) is 57.1 Å². The molecule has 32 heavy (non-hydrogen) atoms. The van der Waals surface area contributed by atoms with Gasteiger partial charge in [0.05, 0.1) is 5.71 Å². The molecule has 0 aromatic heterocycles. The summed E-state index contributed by atoms with van der Waals surface area (Å²) in [5, 5.41) is 4.28. The number of carbonyl (C=O) groups excluding carboxylic acids is 1. The Morgan fingerprint density at radius 3 is 1.81 bits per heavy atom. The fourth-order valence-electron chi connectivity index (χ4n) is 4.12. The van der Waals surface area contributed by atoms with Gasteiger partial charge in [0.2, 0.25) is 0 Å². The Kier molecular flexibility index (Phi) is 18.1. The van der Waals surface area contributed by atoms with Crippen LogP contribution in [-0.4, -0.2) is 18.1 Å². The van der Waals surface area contributed by atoms with Crippen molar-refractivity contribution in [1.29, 1.82) is 0 Å². The molecule has 0 aromatic carbocycles. The van der Waals surface area contributed by atoms with Gasteiger partial charge in [0.25, 0.3) is 0 Å². The molecule has 0 heterocycles. The molecule has 0 unspecified atom stereocenters. The molecular weight excluding hydrogens is 394 g/mol. The van der Waals surface area contributed by atoms with E-state index in [2.05, 4.69) is 53.6 Å². The Balaban J connectivity index is 4.22. The maximum atomic E-state index is 13.1. The smallest absolute Gasteiger partial charge is 0.138 e. The summed E-state index contributed by atoms with van der Waals surface area (Å²) in [6.07, 6.45) is 19.2. The van der Waals surface area contributed by atoms with Gasteiger partial charge in [-0.05, 0) is 57.3 Å². The summed E-state index contributed by atoms with van der Waals surface area (Å²) in [5.74, 6) is 0.499. The molecule has 190 valence electrons. The fourth-order valence-corrected chi connectivity index (χ4v) is 4.12. The average Bonchev–Trinajstić information content (AvgIpc) is 2.77. The second kappa shape index (κ2) is 18.6. The molecule has 0 saturated heterocycles. The van der Waals surface area contributed by atoms with E-state index >= 15 is 0 Å². The normalized spacial score (nSPS) is 12.9. The minimum atomic E-state index is -0.106. The van der Waals surface area contributed by atoms with Crippen molar-refractivity contribution < 1.29 is 9.63 Å². The van der Waals surface area contributed by atoms with Gasteiger partial charge >= 0.3 is 0 Å². The second-order valence-corrected chi connectivity index (χ2v) is 11.1. The molecule has 0 bridgehead atoms. The lowest BCUT2D eigenvalue weighted by Crippen LogP contribution is -2.28. The van der Waals surface area contributed by atoms with Crippen LogP contribution in [0.2, 0.25) is 0 Å². The highest BCUT2D eigenvalue weighted by Gasteiger charge is 2.31. The summed E-state index contributed by atoms with van der Waals surface area (Å²) in [6, 6.07) is 0. The van der Waals surface area contributed by atoms with Gasteiger partial charge in [0.1, 0.15) is 12.4 Å². The summed E-state index contributed by atoms with van der Waals surface area (Å²) < 4.78 is 0. The monoisotopic (exact) mass is 451 g/mol. The van der Waals surface area contributed by atoms with Crippen molar-refractivity contribution in [3.05, 3.63) is 0 Å². The van der Waals surface area contributed by atoms with Crippen LogP contribution in [0.3, 0.4) is 0 Å². The second-order valence-electron chi connectivity index (χ2n) is 11.1. The maximum absolute atomic E-state index is 13.1. The van der Waals surface area contributed by atoms with Crippen molar-refractivity contribution in [3.63, 3.8) is 0 Å². The van der Waals surface area contributed by atoms with E-state index in [9.17, 15) is 4.79 Å². The molecule has 0 rings (SSSR count). The largest absolute Gasteiger partial charge is 0.396 e. The van der Waals surface area contributed by atoms with Gasteiger partial charge in [-0.2, -0.15) is 0 Å². The molecule has 0 fully saturated rings. The molecule has 0 amide bonds. The van der Waals surface area contributed by atoms with E-state index in [4.69, 9.17) is 4.84 Å². The van der Waals surface area contributed by atoms with Crippen LogP contribution in [0, 0.1) is 10.8 Å². The molecule has 0 aliphatic heterocycles. The molecular formula is C29H57NO2. The number of nitrogens with zero attached hydrogens (tertiary/aromatic N) is 1. The van der Waals surface area contributed by atoms with Crippen LogP contribution >= 0.6 is 0 Å². The molecule has 0 saturated carbocycles. The number of hydrogen-bond acceptors (Lipinski definition) is 3. The zero-order chi connectivity index (χ0) is 24.3. The van der Waals surface area contributed by atoms with Crippen molar-refractivity contribution in [3.8, 4) is 0 Å². The zero-order valence-electron chi connectivity index (χ0n) is 23.0. The molecule has 3 nitrogen and oxygen atoms in total. The molecule has 0 aliphatic rings. The first-order chi connectivity index (χ1) is 15.2. The molecule has 3 heteroatoms. The topological polar surface area (TPSA) is 38.7 Å². The van der Waals surface area contributed by atoms with E-state index in [1.807, 2.05) is 0 Å². The summed E-state index contributed by atoms with van der Waals surface area (Å²) in [5.41, 5.74) is 1.36. The highest BCUT2D eigenvalue weighted by molar-refractivity contribution is 5.84. The number of carbonyl (C=O) groups is 1. The van der Waals surface area contributed by atoms with Crippen molar-refractivity contribution in [1.82, 2.24) is 0 Å². The summed E-state index contributed by atoms with van der Waals surface area (Å²) in [4.78, 5) is 18.6. The van der Waals surface area contributed by atoms with Crippen LogP contribution in [0.1, 0.15) is 158 Å². The van der Waals surface area contributed by atoms with Crippen LogP contribution in [0.15, 0.2) is 5.16 Å². The Hall–Kier alpha value is -0.860. The third kappa shape index (κ3) is 15.9. The molecule has 0 aromatic rings. The van der Waals surface area contributed by atoms with E-state index < -0.39 is 0 Å². The lowest BCUT2D eigenvalue weighted by atomic mass is 9.74. The number of ketones is 1. The maximum Gasteiger partial charge on any atom is 0.138 e. The first kappa shape index (κ1) is 31.1. The van der Waals surface area contributed by atoms with Crippen LogP contribution in [-0.2, 0) is 9.63 Å². The first-order valence-corrected chi connectivity index (χ1v) is 13.9. The molecule has 0 radical (unpaired) electrons. The lowest BCUT2D eigenvalue weighted by Gasteiger charge is -2.28. The molecule has 0 spiro atoms. The number of Topliss-reactive ketones (excluding diaryl/α,β-unsaturated/α-hetero) is 1. The molecule has 0 atom stereocenters. The van der Waals surface area contributed by atoms with Crippen LogP contribution < -0.4 is 0 Å². The Bertz CT molecular complexity index is 483. The summed E-state index contributed by atoms with van der Waals surface area (Å²) in [7, 11) is 0. The van der Waals surface area contributed by atoms with Crippen LogP contribution in [0.25, 0.3) is 0 Å². The summed E-state index contributed by atoms with van der Waals surface area (Å²) in [6.45, 7) is 16.3. The van der Waals surface area contributed by atoms with Crippen molar-refractivity contribution in [2.45, 2.75) is 158 Å². The van der Waals surface area contributed by atoms with Gasteiger partial charge in [-0.1, -0.05) is 104 Å². The standard InChI is InChI=1S/C29H57NO2/c1-8-11-13-17-22-29(7,23-18-14-12-9-2)27(31)20-16-15-19-25-32-30-26(4)21-24-28(5,6)10-3/h8-25H2,1-7H3/b30-26+. The van der Waals surface area contributed by atoms with E-state index in [0.29, 0.717) is 17.8 Å². The number of hydrogen-bond donors (Lipinski definition) is 0. The van der Waals surface area contributed by atoms with Crippen LogP contribution in [0.4, 0.5) is 0 Å². The lowest BCUT2D eigenvalue weighted by molar-refractivity contribution is -0.129. The Labute approximate surface area is 201 Å². The average molecular weight is 452 g/mol. The van der Waals surface area contributed by atoms with Crippen molar-refractivity contribution in [2.24, 2.45) is 16.0 Å². The van der Waals surface area contributed by atoms with Crippen molar-refractivity contribution in [2.75, 3.05) is 6.61 Å². The first-order valence-electron chi connectivity index (χ1n) is 13.9. The predicted octanol–water partition coefficient (Wildman–Crippen LogP) is 9.67. The quantitative estimate of drug-likeness (QED) is 0.0933. The Morgan fingerprint density at radius 2 is 1.28 bits per heavy atom. The Morgan fingerprint density at radius 1 is 0.719 bits per heavy atom. The van der Waals surface area contributed by atoms with Gasteiger partial charge in [-0.3, -0.25) is 4.79 Å². The number of oxime groups is 1. The fraction of sp³-hybridized carbons (Fsp3) is 0.931. The minimum Gasteiger partial charge on any atom is -0.396 e. The highest BCUT2D eigenvalue weighted by atomic mass is 16.6. The highest BCUT2D eigenvalue weighted by Crippen LogP contribution is 2.34. The van der Waals surface area contributed by atoms with Crippen LogP contribution in [0.5, 0.6) is 0 Å². The third-order valence-corrected chi connectivity index (χ3v) is 7.32. The van der Waals surface area contributed by atoms with E-state index in [1.165, 1.54) is 57.8 Å². The van der Waals surface area contributed by atoms with Gasteiger partial charge in [0, 0.05) is 11.8 Å². The SMILES string of the molecule is CCCCCCC(C)(CCCCCC)C(=O)CCCCCO/N=C(\C)CCC(C)(C)CC. The third-order valence-electron chi connectivity index (χ3n) is 7.32. The minimum absolute atomic E-state index is 0.106. The van der Waals surface area contributed by atoms with Gasteiger partial charge in [-0.25, -0.2) is 0 Å². The van der Waals surface area contributed by atoms with Crippen molar-refractivity contribution >= 4 is 11.5 Å². The van der Waals surface area contributed by atoms with Gasteiger partial charge in [-0.15, -0.1) is 0 Å². The van der Waals surface area contributed by atoms with E-state index in [1.54, 1.807) is 0 Å². The van der Waals surface area contributed by atoms with E-state index in [-0.39, 0.29) is 5.41 Å². The predicted molar refractivity (Wildman–Crippen MR) is 141 cm³/mol. The molecule has 0 N–H and O–H groups in total. The van der Waals surface area contributed by atoms with Gasteiger partial charge < -0.3 is 4.84 Å². The van der Waals surface area contributed by atoms with Gasteiger partial charge in [0.15, 0.2) is 0 Å². The zero-order valence-corrected chi connectivity index (χ0v) is 23.0.